The van der Waals surface area contributed by atoms with Crippen LogP contribution >= 0.6 is 0 Å². The van der Waals surface area contributed by atoms with E-state index in [9.17, 15) is 0 Å². The molecule has 4 aromatic rings. The summed E-state index contributed by atoms with van der Waals surface area (Å²) >= 11 is 0. The smallest absolute Gasteiger partial charge is 0.163 e. The van der Waals surface area contributed by atoms with Crippen molar-refractivity contribution in [2.45, 2.75) is 0 Å². The van der Waals surface area contributed by atoms with Crippen molar-refractivity contribution >= 4 is 22.4 Å². The Morgan fingerprint density at radius 3 is 2.25 bits per heavy atom. The third-order valence-electron chi connectivity index (χ3n) is 5.11. The van der Waals surface area contributed by atoms with Crippen LogP contribution < -0.4 is 9.80 Å². The fourth-order valence-electron chi connectivity index (χ4n) is 3.66. The second-order valence-electron chi connectivity index (χ2n) is 6.81. The topological polar surface area (TPSA) is 58.0 Å². The summed E-state index contributed by atoms with van der Waals surface area (Å²) in [4.78, 5) is 22.8. The van der Waals surface area contributed by atoms with Crippen LogP contribution in [0.15, 0.2) is 73.3 Å². The predicted molar refractivity (Wildman–Crippen MR) is 111 cm³/mol. The highest BCUT2D eigenvalue weighted by Gasteiger charge is 2.21. The summed E-state index contributed by atoms with van der Waals surface area (Å²) < 4.78 is 0. The molecule has 1 aliphatic heterocycles. The summed E-state index contributed by atoms with van der Waals surface area (Å²) in [5.41, 5.74) is 3.12. The van der Waals surface area contributed by atoms with Gasteiger partial charge in [0.25, 0.3) is 0 Å². The Morgan fingerprint density at radius 2 is 1.46 bits per heavy atom. The zero-order chi connectivity index (χ0) is 18.8. The molecule has 6 nitrogen and oxygen atoms in total. The Kier molecular flexibility index (Phi) is 4.29. The van der Waals surface area contributed by atoms with Gasteiger partial charge in [0, 0.05) is 67.6 Å². The van der Waals surface area contributed by atoms with Crippen LogP contribution in [0.25, 0.3) is 22.3 Å². The molecule has 0 spiro atoms. The van der Waals surface area contributed by atoms with E-state index in [1.807, 2.05) is 48.9 Å². The van der Waals surface area contributed by atoms with Crippen molar-refractivity contribution in [3.8, 4) is 11.4 Å². The third-order valence-corrected chi connectivity index (χ3v) is 5.11. The van der Waals surface area contributed by atoms with Crippen LogP contribution in [-0.2, 0) is 0 Å². The van der Waals surface area contributed by atoms with Gasteiger partial charge in [-0.15, -0.1) is 0 Å². The molecule has 0 atom stereocenters. The normalized spacial score (nSPS) is 14.4. The molecule has 28 heavy (non-hydrogen) atoms. The van der Waals surface area contributed by atoms with Gasteiger partial charge in [-0.1, -0.05) is 12.1 Å². The Labute approximate surface area is 163 Å². The molecule has 4 heterocycles. The first-order valence-corrected chi connectivity index (χ1v) is 9.45. The van der Waals surface area contributed by atoms with E-state index in [0.29, 0.717) is 0 Å². The van der Waals surface area contributed by atoms with Crippen LogP contribution in [-0.4, -0.2) is 46.1 Å². The van der Waals surface area contributed by atoms with Gasteiger partial charge in [0.1, 0.15) is 5.82 Å². The first kappa shape index (κ1) is 16.6. The lowest BCUT2D eigenvalue weighted by molar-refractivity contribution is 0.649. The molecule has 5 rings (SSSR count). The van der Waals surface area contributed by atoms with E-state index in [1.54, 1.807) is 6.20 Å². The lowest BCUT2D eigenvalue weighted by Crippen LogP contribution is -2.47. The molecule has 1 aliphatic rings. The molecule has 0 N–H and O–H groups in total. The summed E-state index contributed by atoms with van der Waals surface area (Å²) in [6, 6.07) is 16.3. The van der Waals surface area contributed by atoms with Crippen LogP contribution in [0.3, 0.4) is 0 Å². The van der Waals surface area contributed by atoms with Crippen LogP contribution in [0.1, 0.15) is 0 Å². The van der Waals surface area contributed by atoms with Gasteiger partial charge in [0.15, 0.2) is 5.82 Å². The van der Waals surface area contributed by atoms with Crippen LogP contribution in [0, 0.1) is 0 Å². The Hall–Kier alpha value is -3.54. The monoisotopic (exact) mass is 368 g/mol. The van der Waals surface area contributed by atoms with Crippen molar-refractivity contribution < 1.29 is 0 Å². The van der Waals surface area contributed by atoms with Gasteiger partial charge < -0.3 is 9.80 Å². The molecule has 0 radical (unpaired) electrons. The predicted octanol–water partition coefficient (Wildman–Crippen LogP) is 3.41. The quantitative estimate of drug-likeness (QED) is 0.552. The summed E-state index contributed by atoms with van der Waals surface area (Å²) in [6.07, 6.45) is 7.28. The van der Waals surface area contributed by atoms with Crippen LogP contribution in [0.5, 0.6) is 0 Å². The van der Waals surface area contributed by atoms with Crippen molar-refractivity contribution in [2.75, 3.05) is 36.0 Å². The van der Waals surface area contributed by atoms with E-state index >= 15 is 0 Å². The number of benzene rings is 1. The number of para-hydroxylation sites is 1. The minimum atomic E-state index is 0.721. The summed E-state index contributed by atoms with van der Waals surface area (Å²) in [6.45, 7) is 3.72. The number of rotatable bonds is 3. The molecule has 0 unspecified atom stereocenters. The average molecular weight is 368 g/mol. The highest BCUT2D eigenvalue weighted by Crippen LogP contribution is 2.28. The minimum Gasteiger partial charge on any atom is -0.368 e. The number of pyridine rings is 2. The fraction of sp³-hybridized carbons (Fsp3) is 0.182. The number of hydrogen-bond donors (Lipinski definition) is 0. The van der Waals surface area contributed by atoms with E-state index in [2.05, 4.69) is 38.0 Å². The summed E-state index contributed by atoms with van der Waals surface area (Å²) in [5.74, 6) is 1.72. The Morgan fingerprint density at radius 1 is 0.679 bits per heavy atom. The molecule has 0 aliphatic carbocycles. The van der Waals surface area contributed by atoms with Gasteiger partial charge in [-0.05, 0) is 36.4 Å². The van der Waals surface area contributed by atoms with Crippen molar-refractivity contribution in [2.24, 2.45) is 0 Å². The SMILES string of the molecule is c1cncc(-c2nc(N3CCN(c4ccncc4)CC3)c3ccccc3n2)c1. The Balaban J connectivity index is 1.49. The van der Waals surface area contributed by atoms with Gasteiger partial charge in [-0.25, -0.2) is 9.97 Å². The zero-order valence-corrected chi connectivity index (χ0v) is 15.4. The number of anilines is 2. The van der Waals surface area contributed by atoms with Gasteiger partial charge in [-0.2, -0.15) is 0 Å². The van der Waals surface area contributed by atoms with E-state index < -0.39 is 0 Å². The molecule has 6 heteroatoms. The van der Waals surface area contributed by atoms with Crippen molar-refractivity contribution in [1.29, 1.82) is 0 Å². The number of nitrogens with zero attached hydrogens (tertiary/aromatic N) is 6. The number of piperazine rings is 1. The molecule has 1 aromatic carbocycles. The van der Waals surface area contributed by atoms with Gasteiger partial charge in [0.05, 0.1) is 5.52 Å². The molecular weight excluding hydrogens is 348 g/mol. The highest BCUT2D eigenvalue weighted by atomic mass is 15.3. The zero-order valence-electron chi connectivity index (χ0n) is 15.4. The molecule has 138 valence electrons. The van der Waals surface area contributed by atoms with E-state index in [1.165, 1.54) is 5.69 Å². The van der Waals surface area contributed by atoms with E-state index in [-0.39, 0.29) is 0 Å². The maximum Gasteiger partial charge on any atom is 0.163 e. The van der Waals surface area contributed by atoms with Gasteiger partial charge >= 0.3 is 0 Å². The van der Waals surface area contributed by atoms with Crippen LogP contribution in [0.4, 0.5) is 11.5 Å². The second kappa shape index (κ2) is 7.23. The third kappa shape index (κ3) is 3.13. The fourth-order valence-corrected chi connectivity index (χ4v) is 3.66. The lowest BCUT2D eigenvalue weighted by Gasteiger charge is -2.37. The van der Waals surface area contributed by atoms with Gasteiger partial charge in [0.2, 0.25) is 0 Å². The van der Waals surface area contributed by atoms with Gasteiger partial charge in [-0.3, -0.25) is 9.97 Å². The number of fused-ring (bicyclic) bond motifs is 1. The van der Waals surface area contributed by atoms with Crippen molar-refractivity contribution in [3.63, 3.8) is 0 Å². The molecular formula is C22H20N6. The summed E-state index contributed by atoms with van der Waals surface area (Å²) in [5, 5.41) is 1.09. The maximum atomic E-state index is 4.94. The van der Waals surface area contributed by atoms with E-state index in [0.717, 1.165) is 54.3 Å². The Bertz CT molecular complexity index is 1080. The average Bonchev–Trinajstić information content (AvgIpc) is 2.80. The molecule has 1 fully saturated rings. The molecule has 3 aromatic heterocycles. The molecule has 0 saturated carbocycles. The maximum absolute atomic E-state index is 4.94. The molecule has 1 saturated heterocycles. The first-order valence-electron chi connectivity index (χ1n) is 9.45. The number of aromatic nitrogens is 4. The van der Waals surface area contributed by atoms with Crippen LogP contribution in [0.2, 0.25) is 0 Å². The standard InChI is InChI=1S/C22H20N6/c1-2-6-20-19(5-1)22(26-21(25-20)17-4-3-9-24-16-17)28-14-12-27(13-15-28)18-7-10-23-11-8-18/h1-11,16H,12-15H2. The lowest BCUT2D eigenvalue weighted by atomic mass is 10.2. The minimum absolute atomic E-state index is 0.721. The van der Waals surface area contributed by atoms with Crippen molar-refractivity contribution in [1.82, 2.24) is 19.9 Å². The molecule has 0 bridgehead atoms. The molecule has 0 amide bonds. The van der Waals surface area contributed by atoms with Crippen molar-refractivity contribution in [3.05, 3.63) is 73.3 Å². The van der Waals surface area contributed by atoms with E-state index in [4.69, 9.17) is 9.97 Å². The first-order chi connectivity index (χ1) is 13.9. The largest absolute Gasteiger partial charge is 0.368 e. The highest BCUT2D eigenvalue weighted by molar-refractivity contribution is 5.91. The summed E-state index contributed by atoms with van der Waals surface area (Å²) in [7, 11) is 0. The number of hydrogen-bond acceptors (Lipinski definition) is 6. The second-order valence-corrected chi connectivity index (χ2v) is 6.81.